The summed E-state index contributed by atoms with van der Waals surface area (Å²) in [6.07, 6.45) is 10.0. The van der Waals surface area contributed by atoms with Crippen LogP contribution in [0, 0.1) is 0 Å². The number of rotatable bonds is 10. The Kier molecular flexibility index (Phi) is 18.1. The van der Waals surface area contributed by atoms with Gasteiger partial charge in [-0.1, -0.05) is 58.3 Å². The topological polar surface area (TPSA) is 140 Å². The third kappa shape index (κ3) is 36.2. The predicted molar refractivity (Wildman–Crippen MR) is 79.1 cm³/mol. The molecule has 4 N–H and O–H groups in total. The number of hydrogen-bond donors (Lipinski definition) is 4. The monoisotopic (exact) mass is 324 g/mol. The highest BCUT2D eigenvalue weighted by Crippen LogP contribution is 2.20. The fraction of sp³-hybridized carbons (Fsp3) is 0.857. The van der Waals surface area contributed by atoms with E-state index in [1.165, 1.54) is 57.8 Å². The summed E-state index contributed by atoms with van der Waals surface area (Å²) in [5, 5.41) is 27.9. The minimum atomic E-state index is -1.83. The number of unbranched alkanes of at least 4 members (excludes halogenated alkanes) is 8. The van der Waals surface area contributed by atoms with Gasteiger partial charge in [-0.15, -0.1) is 0 Å². The fourth-order valence-electron chi connectivity index (χ4n) is 1.76. The van der Waals surface area contributed by atoms with Gasteiger partial charge in [-0.3, -0.25) is 0 Å². The first-order valence-electron chi connectivity index (χ1n) is 7.56. The Hall–Kier alpha value is -1.54. The van der Waals surface area contributed by atoms with Crippen molar-refractivity contribution in [3.63, 3.8) is 0 Å². The molecule has 0 saturated carbocycles. The van der Waals surface area contributed by atoms with Gasteiger partial charge in [-0.25, -0.2) is 9.59 Å². The molecule has 0 aromatic carbocycles. The molecule has 0 spiro atoms. The molecule has 0 atom stereocenters. The van der Waals surface area contributed by atoms with Gasteiger partial charge in [-0.05, 0) is 6.42 Å². The van der Waals surface area contributed by atoms with Crippen molar-refractivity contribution >= 4 is 12.3 Å². The second-order valence-electron chi connectivity index (χ2n) is 4.80. The van der Waals surface area contributed by atoms with Gasteiger partial charge < -0.3 is 20.4 Å². The summed E-state index contributed by atoms with van der Waals surface area (Å²) in [5.41, 5.74) is 0. The number of carbonyl (C=O) groups is 2. The largest absolute Gasteiger partial charge is 0.503 e. The van der Waals surface area contributed by atoms with Crippen molar-refractivity contribution in [3.05, 3.63) is 0 Å². The molecule has 0 radical (unpaired) electrons. The summed E-state index contributed by atoms with van der Waals surface area (Å²) in [5.74, 6) is 0. The summed E-state index contributed by atoms with van der Waals surface area (Å²) < 4.78 is 0. The summed E-state index contributed by atoms with van der Waals surface area (Å²) in [6, 6.07) is 0. The first-order valence-corrected chi connectivity index (χ1v) is 7.56. The van der Waals surface area contributed by atoms with Crippen LogP contribution in [0.4, 0.5) is 9.59 Å². The van der Waals surface area contributed by atoms with Crippen molar-refractivity contribution in [3.8, 4) is 0 Å². The molecule has 1 saturated heterocycles. The minimum Gasteiger partial charge on any atom is -0.450 e. The summed E-state index contributed by atoms with van der Waals surface area (Å²) >= 11 is 0. The summed E-state index contributed by atoms with van der Waals surface area (Å²) in [7, 11) is 0. The molecular formula is C14H28O8. The van der Waals surface area contributed by atoms with Crippen LogP contribution in [0.25, 0.3) is 0 Å². The normalized spacial score (nSPS) is 12.4. The molecule has 1 aliphatic rings. The molecule has 22 heavy (non-hydrogen) atoms. The minimum absolute atomic E-state index is 0.152. The van der Waals surface area contributed by atoms with Crippen LogP contribution in [-0.2, 0) is 9.78 Å². The molecule has 1 heterocycles. The third-order valence-electron chi connectivity index (χ3n) is 2.78. The van der Waals surface area contributed by atoms with Crippen molar-refractivity contribution in [1.82, 2.24) is 0 Å². The fourth-order valence-corrected chi connectivity index (χ4v) is 1.76. The van der Waals surface area contributed by atoms with E-state index in [1.807, 2.05) is 0 Å². The lowest BCUT2D eigenvalue weighted by atomic mass is 10.1. The maximum Gasteiger partial charge on any atom is 0.503 e. The Balaban J connectivity index is 0. The number of carboxylic acid groups (broad SMARTS) is 4. The van der Waals surface area contributed by atoms with E-state index in [0.29, 0.717) is 0 Å². The lowest BCUT2D eigenvalue weighted by Crippen LogP contribution is -1.85. The Labute approximate surface area is 130 Å². The predicted octanol–water partition coefficient (Wildman–Crippen LogP) is 4.64. The highest BCUT2D eigenvalue weighted by Gasteiger charge is 2.24. The van der Waals surface area contributed by atoms with Gasteiger partial charge in [0.15, 0.2) is 0 Å². The van der Waals surface area contributed by atoms with Crippen LogP contribution in [0.3, 0.4) is 0 Å². The van der Waals surface area contributed by atoms with Crippen LogP contribution in [0.5, 0.6) is 0 Å². The standard InChI is InChI=1S/C12H24O2.2CH2O3/c1-2-3-4-5-6-7-8-9-10-11-12-13-14-12;2*2-1(3)4/h12H,2-11H2,1H3;2*(H2,2,3,4). The average molecular weight is 324 g/mol. The molecule has 1 rings (SSSR count). The smallest absolute Gasteiger partial charge is 0.450 e. The highest BCUT2D eigenvalue weighted by molar-refractivity contribution is 5.53. The Morgan fingerprint density at radius 3 is 1.36 bits per heavy atom. The third-order valence-corrected chi connectivity index (χ3v) is 2.78. The molecule has 0 aromatic rings. The van der Waals surface area contributed by atoms with Crippen LogP contribution in [-0.4, -0.2) is 39.0 Å². The zero-order valence-electron chi connectivity index (χ0n) is 13.1. The molecule has 0 unspecified atom stereocenters. The molecule has 0 bridgehead atoms. The van der Waals surface area contributed by atoms with Crippen molar-refractivity contribution in [2.24, 2.45) is 0 Å². The van der Waals surface area contributed by atoms with E-state index >= 15 is 0 Å². The zero-order chi connectivity index (χ0) is 17.2. The van der Waals surface area contributed by atoms with E-state index in [0.717, 1.165) is 6.42 Å². The van der Waals surface area contributed by atoms with Gasteiger partial charge in [0.05, 0.1) is 0 Å². The average Bonchev–Trinajstić information content (AvgIpc) is 3.19. The summed E-state index contributed by atoms with van der Waals surface area (Å²) in [6.45, 7) is 2.27. The van der Waals surface area contributed by atoms with E-state index in [9.17, 15) is 0 Å². The first-order chi connectivity index (χ1) is 10.4. The van der Waals surface area contributed by atoms with E-state index < -0.39 is 12.3 Å². The SMILES string of the molecule is CCCCCCCCCCCC1OO1.O=C(O)O.O=C(O)O. The van der Waals surface area contributed by atoms with Crippen molar-refractivity contribution < 1.29 is 39.8 Å². The van der Waals surface area contributed by atoms with Crippen LogP contribution in [0.1, 0.15) is 71.1 Å². The quantitative estimate of drug-likeness (QED) is 0.259. The van der Waals surface area contributed by atoms with E-state index in [4.69, 9.17) is 30.0 Å². The van der Waals surface area contributed by atoms with Gasteiger partial charge >= 0.3 is 12.3 Å². The lowest BCUT2D eigenvalue weighted by Gasteiger charge is -2.00. The van der Waals surface area contributed by atoms with Crippen LogP contribution < -0.4 is 0 Å². The molecular weight excluding hydrogens is 296 g/mol. The van der Waals surface area contributed by atoms with Gasteiger partial charge in [0.1, 0.15) is 0 Å². The van der Waals surface area contributed by atoms with Gasteiger partial charge in [-0.2, -0.15) is 9.78 Å². The second kappa shape index (κ2) is 17.5. The van der Waals surface area contributed by atoms with E-state index in [2.05, 4.69) is 16.7 Å². The van der Waals surface area contributed by atoms with Crippen LogP contribution in [0.15, 0.2) is 0 Å². The lowest BCUT2D eigenvalue weighted by molar-refractivity contribution is 0.0850. The van der Waals surface area contributed by atoms with Crippen molar-refractivity contribution in [2.75, 3.05) is 0 Å². The maximum absolute atomic E-state index is 8.56. The molecule has 0 aliphatic carbocycles. The van der Waals surface area contributed by atoms with Gasteiger partial charge in [0.2, 0.25) is 6.29 Å². The Morgan fingerprint density at radius 2 is 1.05 bits per heavy atom. The van der Waals surface area contributed by atoms with E-state index in [-0.39, 0.29) is 6.29 Å². The molecule has 8 nitrogen and oxygen atoms in total. The highest BCUT2D eigenvalue weighted by atomic mass is 17.4. The zero-order valence-corrected chi connectivity index (χ0v) is 13.1. The molecule has 8 heteroatoms. The second-order valence-corrected chi connectivity index (χ2v) is 4.80. The molecule has 1 aliphatic heterocycles. The molecule has 1 fully saturated rings. The Bertz CT molecular complexity index is 246. The first kappa shape index (κ1) is 22.7. The van der Waals surface area contributed by atoms with E-state index in [1.54, 1.807) is 0 Å². The van der Waals surface area contributed by atoms with Crippen LogP contribution in [0.2, 0.25) is 0 Å². The molecule has 0 amide bonds. The van der Waals surface area contributed by atoms with Crippen molar-refractivity contribution in [2.45, 2.75) is 77.4 Å². The molecule has 132 valence electrons. The van der Waals surface area contributed by atoms with Gasteiger partial charge in [0.25, 0.3) is 0 Å². The van der Waals surface area contributed by atoms with Gasteiger partial charge in [0, 0.05) is 6.42 Å². The number of hydrogen-bond acceptors (Lipinski definition) is 4. The molecule has 0 aromatic heterocycles. The van der Waals surface area contributed by atoms with Crippen molar-refractivity contribution in [1.29, 1.82) is 0 Å². The summed E-state index contributed by atoms with van der Waals surface area (Å²) in [4.78, 5) is 26.5. The maximum atomic E-state index is 8.56. The van der Waals surface area contributed by atoms with Crippen LogP contribution >= 0.6 is 0 Å². The Morgan fingerprint density at radius 1 is 0.727 bits per heavy atom.